The normalized spacial score (nSPS) is 15.6. The van der Waals surface area contributed by atoms with Crippen LogP contribution in [0.5, 0.6) is 0 Å². The van der Waals surface area contributed by atoms with Gasteiger partial charge in [0.05, 0.1) is 24.8 Å². The van der Waals surface area contributed by atoms with Crippen LogP contribution in [-0.4, -0.2) is 44.1 Å². The number of hydrogen-bond acceptors (Lipinski definition) is 7. The molecule has 2 amide bonds. The summed E-state index contributed by atoms with van der Waals surface area (Å²) < 4.78 is 10.2. The van der Waals surface area contributed by atoms with Gasteiger partial charge in [0.25, 0.3) is 11.8 Å². The van der Waals surface area contributed by atoms with Crippen LogP contribution in [0.3, 0.4) is 0 Å². The molecule has 8 nitrogen and oxygen atoms in total. The number of fused-ring (bicyclic) bond motifs is 1. The largest absolute Gasteiger partial charge is 0.465 e. The van der Waals surface area contributed by atoms with Gasteiger partial charge in [-0.2, -0.15) is 0 Å². The Morgan fingerprint density at radius 2 is 1.59 bits per heavy atom. The second-order valence-corrected chi connectivity index (χ2v) is 13.0. The van der Waals surface area contributed by atoms with Crippen LogP contribution < -0.4 is 16.0 Å². The summed E-state index contributed by atoms with van der Waals surface area (Å²) in [5.74, 6) is -0.765. The van der Waals surface area contributed by atoms with Crippen molar-refractivity contribution in [1.29, 1.82) is 0 Å². The molecule has 0 radical (unpaired) electrons. The average molecular weight is 638 g/mol. The third kappa shape index (κ3) is 7.73. The number of carbonyl (C=O) groups is 3. The monoisotopic (exact) mass is 637 g/mol. The minimum Gasteiger partial charge on any atom is -0.465 e. The summed E-state index contributed by atoms with van der Waals surface area (Å²) >= 11 is 1.52. The molecule has 1 fully saturated rings. The molecule has 0 bridgehead atoms. The van der Waals surface area contributed by atoms with E-state index in [1.807, 2.05) is 60.7 Å². The molecular formula is C37H39N3O5S. The molecule has 1 aromatic heterocycles. The number of methoxy groups -OCH3 is 1. The van der Waals surface area contributed by atoms with Crippen molar-refractivity contribution in [1.82, 2.24) is 5.32 Å². The zero-order valence-corrected chi connectivity index (χ0v) is 26.8. The molecule has 6 rings (SSSR count). The average Bonchev–Trinajstić information content (AvgIpc) is 3.75. The van der Waals surface area contributed by atoms with Crippen molar-refractivity contribution in [2.24, 2.45) is 0 Å². The Balaban J connectivity index is 1.10. The van der Waals surface area contributed by atoms with Crippen molar-refractivity contribution in [3.8, 4) is 0 Å². The van der Waals surface area contributed by atoms with Gasteiger partial charge in [-0.15, -0.1) is 11.3 Å². The number of aryl methyl sites for hydroxylation is 3. The van der Waals surface area contributed by atoms with Crippen LogP contribution in [0.2, 0.25) is 0 Å². The predicted octanol–water partition coefficient (Wildman–Crippen LogP) is 6.58. The summed E-state index contributed by atoms with van der Waals surface area (Å²) in [6, 6.07) is 23.3. The number of hydrogen-bond donors (Lipinski definition) is 3. The number of rotatable bonds is 11. The molecule has 2 heterocycles. The second kappa shape index (κ2) is 14.9. The number of nitrogens with one attached hydrogen (secondary N) is 3. The first kappa shape index (κ1) is 31.7. The van der Waals surface area contributed by atoms with Crippen LogP contribution >= 0.6 is 11.3 Å². The molecule has 4 aromatic rings. The molecule has 0 unspecified atom stereocenters. The topological polar surface area (TPSA) is 106 Å². The Morgan fingerprint density at radius 3 is 2.30 bits per heavy atom. The molecule has 238 valence electrons. The Labute approximate surface area is 273 Å². The molecule has 1 atom stereocenters. The minimum atomic E-state index is -0.342. The molecule has 46 heavy (non-hydrogen) atoms. The lowest BCUT2D eigenvalue weighted by Crippen LogP contribution is -2.28. The second-order valence-electron chi connectivity index (χ2n) is 11.9. The number of anilines is 2. The van der Waals surface area contributed by atoms with Gasteiger partial charge in [0.15, 0.2) is 0 Å². The van der Waals surface area contributed by atoms with E-state index in [-0.39, 0.29) is 17.8 Å². The van der Waals surface area contributed by atoms with Crippen molar-refractivity contribution in [2.45, 2.75) is 57.5 Å². The molecular weight excluding hydrogens is 598 g/mol. The molecule has 9 heteroatoms. The van der Waals surface area contributed by atoms with Gasteiger partial charge in [0.1, 0.15) is 5.00 Å². The third-order valence-corrected chi connectivity index (χ3v) is 9.84. The van der Waals surface area contributed by atoms with Crippen LogP contribution in [0.25, 0.3) is 0 Å². The van der Waals surface area contributed by atoms with Gasteiger partial charge < -0.3 is 25.4 Å². The fraction of sp³-hybridized carbons (Fsp3) is 0.324. The summed E-state index contributed by atoms with van der Waals surface area (Å²) in [6.45, 7) is 2.16. The molecule has 0 spiro atoms. The van der Waals surface area contributed by atoms with Crippen molar-refractivity contribution < 1.29 is 23.9 Å². The van der Waals surface area contributed by atoms with E-state index < -0.39 is 0 Å². The fourth-order valence-electron chi connectivity index (χ4n) is 6.01. The first-order chi connectivity index (χ1) is 22.5. The van der Waals surface area contributed by atoms with Gasteiger partial charge in [-0.3, -0.25) is 9.59 Å². The Bertz CT molecular complexity index is 1690. The van der Waals surface area contributed by atoms with E-state index in [4.69, 9.17) is 9.47 Å². The van der Waals surface area contributed by atoms with Crippen LogP contribution in [0.1, 0.15) is 77.5 Å². The molecule has 0 saturated carbocycles. The summed E-state index contributed by atoms with van der Waals surface area (Å²) in [7, 11) is 1.38. The van der Waals surface area contributed by atoms with E-state index in [9.17, 15) is 14.4 Å². The zero-order chi connectivity index (χ0) is 31.9. The first-order valence-electron chi connectivity index (χ1n) is 15.9. The van der Waals surface area contributed by atoms with Gasteiger partial charge >= 0.3 is 5.97 Å². The lowest BCUT2D eigenvalue weighted by atomic mass is 9.95. The Kier molecular flexibility index (Phi) is 10.2. The van der Waals surface area contributed by atoms with Crippen LogP contribution in [0, 0.1) is 0 Å². The summed E-state index contributed by atoms with van der Waals surface area (Å²) in [5.41, 5.74) is 6.74. The minimum absolute atomic E-state index is 0.204. The SMILES string of the molecule is COC(=O)c1ccc(CCc2ccc(NC(=O)c3c(NC(=O)c4cccc(CN[C@H]5CCOC5)c4)sc4c3CCCC4)cc2)cc1. The third-order valence-electron chi connectivity index (χ3n) is 8.63. The van der Waals surface area contributed by atoms with Gasteiger partial charge in [0, 0.05) is 35.3 Å². The molecule has 3 N–H and O–H groups in total. The van der Waals surface area contributed by atoms with E-state index in [0.29, 0.717) is 46.6 Å². The van der Waals surface area contributed by atoms with Crippen molar-refractivity contribution in [3.63, 3.8) is 0 Å². The van der Waals surface area contributed by atoms with Crippen molar-refractivity contribution >= 4 is 39.8 Å². The van der Waals surface area contributed by atoms with E-state index in [2.05, 4.69) is 16.0 Å². The summed E-state index contributed by atoms with van der Waals surface area (Å²) in [5, 5.41) is 10.3. The van der Waals surface area contributed by atoms with Crippen molar-refractivity contribution in [2.75, 3.05) is 31.0 Å². The van der Waals surface area contributed by atoms with Crippen LogP contribution in [-0.2, 0) is 41.7 Å². The van der Waals surface area contributed by atoms with Gasteiger partial charge in [-0.1, -0.05) is 36.4 Å². The maximum atomic E-state index is 13.7. The number of thiophene rings is 1. The lowest BCUT2D eigenvalue weighted by Gasteiger charge is -2.14. The predicted molar refractivity (Wildman–Crippen MR) is 181 cm³/mol. The number of esters is 1. The van der Waals surface area contributed by atoms with E-state index in [0.717, 1.165) is 73.8 Å². The Morgan fingerprint density at radius 1 is 0.848 bits per heavy atom. The molecule has 3 aromatic carbocycles. The highest BCUT2D eigenvalue weighted by molar-refractivity contribution is 7.17. The highest BCUT2D eigenvalue weighted by Gasteiger charge is 2.27. The number of carbonyl (C=O) groups excluding carboxylic acids is 3. The van der Waals surface area contributed by atoms with Gasteiger partial charge in [-0.05, 0) is 104 Å². The number of benzene rings is 3. The fourth-order valence-corrected chi connectivity index (χ4v) is 7.29. The number of amides is 2. The lowest BCUT2D eigenvalue weighted by molar-refractivity contribution is 0.0600. The molecule has 1 saturated heterocycles. The van der Waals surface area contributed by atoms with Gasteiger partial charge in [0.2, 0.25) is 0 Å². The standard InChI is InChI=1S/C37H39N3O5S/c1-44-37(43)27-15-11-24(12-16-27)9-10-25-13-17-29(18-14-25)39-35(42)33-31-7-2-3-8-32(31)46-36(33)40-34(41)28-6-4-5-26(21-28)22-38-30-19-20-45-23-30/h4-6,11-18,21,30,38H,2-3,7-10,19-20,22-23H2,1H3,(H,39,42)(H,40,41)/t30-/m0/s1. The van der Waals surface area contributed by atoms with Crippen LogP contribution in [0.4, 0.5) is 10.7 Å². The van der Waals surface area contributed by atoms with E-state index in [1.54, 1.807) is 12.1 Å². The zero-order valence-electron chi connectivity index (χ0n) is 26.0. The van der Waals surface area contributed by atoms with E-state index in [1.165, 1.54) is 23.3 Å². The summed E-state index contributed by atoms with van der Waals surface area (Å²) in [4.78, 5) is 40.0. The number of ether oxygens (including phenoxy) is 2. The molecule has 1 aliphatic carbocycles. The van der Waals surface area contributed by atoms with Crippen LogP contribution in [0.15, 0.2) is 72.8 Å². The Hall–Kier alpha value is -4.31. The summed E-state index contributed by atoms with van der Waals surface area (Å²) in [6.07, 6.45) is 6.50. The van der Waals surface area contributed by atoms with Gasteiger partial charge in [-0.25, -0.2) is 4.79 Å². The maximum Gasteiger partial charge on any atom is 0.337 e. The maximum absolute atomic E-state index is 13.7. The smallest absolute Gasteiger partial charge is 0.337 e. The molecule has 2 aliphatic rings. The van der Waals surface area contributed by atoms with Crippen molar-refractivity contribution in [3.05, 3.63) is 117 Å². The highest BCUT2D eigenvalue weighted by atomic mass is 32.1. The molecule has 1 aliphatic heterocycles. The first-order valence-corrected chi connectivity index (χ1v) is 16.7. The quantitative estimate of drug-likeness (QED) is 0.161. The van der Waals surface area contributed by atoms with E-state index >= 15 is 0 Å². The highest BCUT2D eigenvalue weighted by Crippen LogP contribution is 2.39.